The number of halogens is 1. The van der Waals surface area contributed by atoms with Crippen molar-refractivity contribution < 1.29 is 9.84 Å². The van der Waals surface area contributed by atoms with Crippen molar-refractivity contribution in [2.75, 3.05) is 13.2 Å². The molecular formula is C13H17BrO2. The highest BCUT2D eigenvalue weighted by Gasteiger charge is 2.22. The van der Waals surface area contributed by atoms with E-state index in [1.807, 2.05) is 25.1 Å². The number of hydrogen-bond acceptors (Lipinski definition) is 2. The summed E-state index contributed by atoms with van der Waals surface area (Å²) in [6, 6.07) is 6.03. The van der Waals surface area contributed by atoms with Gasteiger partial charge in [-0.1, -0.05) is 13.0 Å². The summed E-state index contributed by atoms with van der Waals surface area (Å²) in [7, 11) is 0. The molecule has 1 aliphatic carbocycles. The molecule has 1 N–H and O–H groups in total. The molecule has 1 fully saturated rings. The van der Waals surface area contributed by atoms with Gasteiger partial charge >= 0.3 is 0 Å². The highest BCUT2D eigenvalue weighted by Crippen LogP contribution is 2.33. The second-order valence-corrected chi connectivity index (χ2v) is 5.38. The van der Waals surface area contributed by atoms with Gasteiger partial charge < -0.3 is 9.84 Å². The summed E-state index contributed by atoms with van der Waals surface area (Å²) in [5.74, 6) is 1.84. The molecule has 0 spiro atoms. The SMILES string of the molecule is CC(CO)c1ccc(OCC2CC2)c(Br)c1. The average Bonchev–Trinajstić information content (AvgIpc) is 3.10. The highest BCUT2D eigenvalue weighted by molar-refractivity contribution is 9.10. The molecule has 1 aromatic carbocycles. The molecule has 2 rings (SSSR count). The van der Waals surface area contributed by atoms with Gasteiger partial charge in [0.25, 0.3) is 0 Å². The van der Waals surface area contributed by atoms with Gasteiger partial charge in [-0.15, -0.1) is 0 Å². The van der Waals surface area contributed by atoms with Crippen LogP contribution in [0.15, 0.2) is 22.7 Å². The molecule has 0 aliphatic heterocycles. The maximum atomic E-state index is 9.09. The Morgan fingerprint density at radius 1 is 1.50 bits per heavy atom. The standard InChI is InChI=1S/C13H17BrO2/c1-9(7-15)11-4-5-13(12(14)6-11)16-8-10-2-3-10/h4-6,9-10,15H,2-3,7-8H2,1H3. The number of rotatable bonds is 5. The van der Waals surface area contributed by atoms with Crippen LogP contribution in [-0.4, -0.2) is 18.3 Å². The zero-order valence-corrected chi connectivity index (χ0v) is 11.0. The number of benzene rings is 1. The summed E-state index contributed by atoms with van der Waals surface area (Å²) in [5.41, 5.74) is 1.13. The lowest BCUT2D eigenvalue weighted by molar-refractivity contribution is 0.272. The Balaban J connectivity index is 2.02. The van der Waals surface area contributed by atoms with Gasteiger partial charge in [-0.25, -0.2) is 0 Å². The summed E-state index contributed by atoms with van der Waals surface area (Å²) in [5, 5.41) is 9.09. The van der Waals surface area contributed by atoms with Crippen LogP contribution in [0.25, 0.3) is 0 Å². The smallest absolute Gasteiger partial charge is 0.133 e. The van der Waals surface area contributed by atoms with Crippen LogP contribution in [-0.2, 0) is 0 Å². The van der Waals surface area contributed by atoms with Gasteiger partial charge in [0.05, 0.1) is 11.1 Å². The Bertz CT molecular complexity index is 361. The van der Waals surface area contributed by atoms with Gasteiger partial charge in [-0.3, -0.25) is 0 Å². The van der Waals surface area contributed by atoms with E-state index in [0.717, 1.165) is 28.3 Å². The molecule has 3 heteroatoms. The molecule has 1 atom stereocenters. The third kappa shape index (κ3) is 2.98. The van der Waals surface area contributed by atoms with Crippen LogP contribution in [0, 0.1) is 5.92 Å². The Morgan fingerprint density at radius 2 is 2.25 bits per heavy atom. The third-order valence-electron chi connectivity index (χ3n) is 2.97. The van der Waals surface area contributed by atoms with Gasteiger partial charge in [0.1, 0.15) is 5.75 Å². The fraction of sp³-hybridized carbons (Fsp3) is 0.538. The number of ether oxygens (including phenoxy) is 1. The van der Waals surface area contributed by atoms with E-state index in [-0.39, 0.29) is 12.5 Å². The van der Waals surface area contributed by atoms with Crippen LogP contribution in [0.5, 0.6) is 5.75 Å². The van der Waals surface area contributed by atoms with E-state index in [2.05, 4.69) is 15.9 Å². The minimum atomic E-state index is 0.175. The Kier molecular flexibility index (Phi) is 3.87. The van der Waals surface area contributed by atoms with E-state index < -0.39 is 0 Å². The monoisotopic (exact) mass is 284 g/mol. The summed E-state index contributed by atoms with van der Waals surface area (Å²) < 4.78 is 6.70. The zero-order valence-electron chi connectivity index (χ0n) is 9.45. The number of hydrogen-bond donors (Lipinski definition) is 1. The van der Waals surface area contributed by atoms with Gasteiger partial charge in [0.2, 0.25) is 0 Å². The zero-order chi connectivity index (χ0) is 11.5. The molecule has 1 aliphatic rings. The summed E-state index contributed by atoms with van der Waals surface area (Å²) in [6.45, 7) is 3.01. The first-order valence-corrected chi connectivity index (χ1v) is 6.53. The molecule has 0 heterocycles. The van der Waals surface area contributed by atoms with E-state index in [1.165, 1.54) is 12.8 Å². The van der Waals surface area contributed by atoms with Crippen LogP contribution >= 0.6 is 15.9 Å². The van der Waals surface area contributed by atoms with Crippen molar-refractivity contribution in [2.24, 2.45) is 5.92 Å². The third-order valence-corrected chi connectivity index (χ3v) is 3.59. The first kappa shape index (κ1) is 11.9. The molecule has 1 aromatic rings. The van der Waals surface area contributed by atoms with Gasteiger partial charge in [-0.05, 0) is 52.4 Å². The van der Waals surface area contributed by atoms with Crippen molar-refractivity contribution in [3.05, 3.63) is 28.2 Å². The first-order valence-electron chi connectivity index (χ1n) is 5.74. The molecule has 88 valence electrons. The van der Waals surface area contributed by atoms with Crippen LogP contribution in [0.2, 0.25) is 0 Å². The molecule has 2 nitrogen and oxygen atoms in total. The predicted molar refractivity (Wildman–Crippen MR) is 67.9 cm³/mol. The minimum Gasteiger partial charge on any atom is -0.492 e. The molecular weight excluding hydrogens is 268 g/mol. The largest absolute Gasteiger partial charge is 0.492 e. The van der Waals surface area contributed by atoms with E-state index in [1.54, 1.807) is 0 Å². The van der Waals surface area contributed by atoms with E-state index in [0.29, 0.717) is 0 Å². The number of aliphatic hydroxyl groups excluding tert-OH is 1. The Labute approximate surface area is 105 Å². The van der Waals surface area contributed by atoms with Gasteiger partial charge in [0, 0.05) is 12.5 Å². The summed E-state index contributed by atoms with van der Waals surface area (Å²) in [6.07, 6.45) is 2.61. The average molecular weight is 285 g/mol. The highest BCUT2D eigenvalue weighted by atomic mass is 79.9. The van der Waals surface area contributed by atoms with Crippen LogP contribution < -0.4 is 4.74 Å². The summed E-state index contributed by atoms with van der Waals surface area (Å²) >= 11 is 3.51. The lowest BCUT2D eigenvalue weighted by Gasteiger charge is -2.12. The predicted octanol–water partition coefficient (Wildman–Crippen LogP) is 3.33. The Morgan fingerprint density at radius 3 is 2.81 bits per heavy atom. The van der Waals surface area contributed by atoms with Gasteiger partial charge in [-0.2, -0.15) is 0 Å². The molecule has 0 radical (unpaired) electrons. The fourth-order valence-electron chi connectivity index (χ4n) is 1.54. The molecule has 0 bridgehead atoms. The van der Waals surface area contributed by atoms with Crippen molar-refractivity contribution in [3.63, 3.8) is 0 Å². The molecule has 1 saturated carbocycles. The topological polar surface area (TPSA) is 29.5 Å². The van der Waals surface area contributed by atoms with Crippen LogP contribution in [0.3, 0.4) is 0 Å². The molecule has 16 heavy (non-hydrogen) atoms. The maximum absolute atomic E-state index is 9.09. The van der Waals surface area contributed by atoms with Crippen molar-refractivity contribution in [1.29, 1.82) is 0 Å². The van der Waals surface area contributed by atoms with Crippen molar-refractivity contribution in [1.82, 2.24) is 0 Å². The maximum Gasteiger partial charge on any atom is 0.133 e. The first-order chi connectivity index (χ1) is 7.70. The van der Waals surface area contributed by atoms with E-state index in [9.17, 15) is 0 Å². The van der Waals surface area contributed by atoms with E-state index >= 15 is 0 Å². The molecule has 0 amide bonds. The second kappa shape index (κ2) is 5.19. The van der Waals surface area contributed by atoms with Crippen LogP contribution in [0.1, 0.15) is 31.2 Å². The van der Waals surface area contributed by atoms with Crippen LogP contribution in [0.4, 0.5) is 0 Å². The lowest BCUT2D eigenvalue weighted by atomic mass is 10.0. The lowest BCUT2D eigenvalue weighted by Crippen LogP contribution is -2.02. The second-order valence-electron chi connectivity index (χ2n) is 4.53. The molecule has 0 aromatic heterocycles. The van der Waals surface area contributed by atoms with Crippen molar-refractivity contribution >= 4 is 15.9 Å². The molecule has 0 saturated heterocycles. The van der Waals surface area contributed by atoms with Gasteiger partial charge in [0.15, 0.2) is 0 Å². The minimum absolute atomic E-state index is 0.175. The summed E-state index contributed by atoms with van der Waals surface area (Å²) in [4.78, 5) is 0. The van der Waals surface area contributed by atoms with Crippen molar-refractivity contribution in [2.45, 2.75) is 25.7 Å². The quantitative estimate of drug-likeness (QED) is 0.899. The van der Waals surface area contributed by atoms with Crippen molar-refractivity contribution in [3.8, 4) is 5.75 Å². The normalized spacial score (nSPS) is 17.2. The Hall–Kier alpha value is -0.540. The van der Waals surface area contributed by atoms with E-state index in [4.69, 9.17) is 9.84 Å². The molecule has 1 unspecified atom stereocenters. The number of aliphatic hydroxyl groups is 1. The fourth-order valence-corrected chi connectivity index (χ4v) is 2.05.